The molecule has 0 amide bonds. The number of nitrogens with two attached hydrogens (primary N) is 1. The highest BCUT2D eigenvalue weighted by Crippen LogP contribution is 2.19. The summed E-state index contributed by atoms with van der Waals surface area (Å²) < 4.78 is 0. The Morgan fingerprint density at radius 2 is 1.72 bits per heavy atom. The fourth-order valence-corrected chi connectivity index (χ4v) is 2.02. The molecule has 2 aromatic rings. The van der Waals surface area contributed by atoms with Crippen molar-refractivity contribution in [2.45, 2.75) is 32.2 Å². The molecule has 0 saturated heterocycles. The van der Waals surface area contributed by atoms with Gasteiger partial charge in [-0.15, -0.1) is 0 Å². The number of nitrogens with zero attached hydrogens (tertiary/aromatic N) is 1. The number of hydrogen-bond donors (Lipinski definition) is 1. The zero-order valence-electron chi connectivity index (χ0n) is 11.0. The van der Waals surface area contributed by atoms with E-state index in [1.54, 1.807) is 6.20 Å². The highest BCUT2D eigenvalue weighted by molar-refractivity contribution is 5.28. The molecule has 0 saturated carbocycles. The smallest absolute Gasteiger partial charge is 0.0336 e. The van der Waals surface area contributed by atoms with E-state index < -0.39 is 0 Å². The van der Waals surface area contributed by atoms with Crippen molar-refractivity contribution in [1.29, 1.82) is 0 Å². The number of rotatable bonds is 4. The SMILES string of the molecule is CC(C)c1ccc(C(N)Cc2cccnc2)cc1. The lowest BCUT2D eigenvalue weighted by Crippen LogP contribution is -2.13. The third-order valence-corrected chi connectivity index (χ3v) is 3.21. The van der Waals surface area contributed by atoms with Gasteiger partial charge >= 0.3 is 0 Å². The van der Waals surface area contributed by atoms with Gasteiger partial charge in [0.2, 0.25) is 0 Å². The van der Waals surface area contributed by atoms with Gasteiger partial charge < -0.3 is 5.73 Å². The molecule has 2 N–H and O–H groups in total. The third-order valence-electron chi connectivity index (χ3n) is 3.21. The van der Waals surface area contributed by atoms with Gasteiger partial charge in [-0.2, -0.15) is 0 Å². The van der Waals surface area contributed by atoms with Gasteiger partial charge in [-0.3, -0.25) is 4.98 Å². The number of hydrogen-bond acceptors (Lipinski definition) is 2. The van der Waals surface area contributed by atoms with E-state index in [1.807, 2.05) is 12.3 Å². The standard InChI is InChI=1S/C16H20N2/c1-12(2)14-5-7-15(8-6-14)16(17)10-13-4-3-9-18-11-13/h3-9,11-12,16H,10,17H2,1-2H3. The highest BCUT2D eigenvalue weighted by Gasteiger charge is 2.07. The fraction of sp³-hybridized carbons (Fsp3) is 0.312. The normalized spacial score (nSPS) is 12.7. The second-order valence-corrected chi connectivity index (χ2v) is 4.99. The molecule has 0 aliphatic carbocycles. The van der Waals surface area contributed by atoms with Gasteiger partial charge in [0.25, 0.3) is 0 Å². The second-order valence-electron chi connectivity index (χ2n) is 4.99. The minimum absolute atomic E-state index is 0.0374. The van der Waals surface area contributed by atoms with Crippen molar-refractivity contribution in [2.75, 3.05) is 0 Å². The lowest BCUT2D eigenvalue weighted by atomic mass is 9.96. The monoisotopic (exact) mass is 240 g/mol. The van der Waals surface area contributed by atoms with Gasteiger partial charge in [0, 0.05) is 18.4 Å². The molecule has 2 rings (SSSR count). The summed E-state index contributed by atoms with van der Waals surface area (Å²) in [7, 11) is 0. The Bertz CT molecular complexity index is 474. The Morgan fingerprint density at radius 1 is 1.06 bits per heavy atom. The molecule has 0 fully saturated rings. The molecule has 94 valence electrons. The molecule has 0 bridgehead atoms. The van der Waals surface area contributed by atoms with E-state index in [-0.39, 0.29) is 6.04 Å². The van der Waals surface area contributed by atoms with Gasteiger partial charge in [-0.1, -0.05) is 44.2 Å². The van der Waals surface area contributed by atoms with Gasteiger partial charge in [0.05, 0.1) is 0 Å². The first kappa shape index (κ1) is 12.8. The number of pyridine rings is 1. The van der Waals surface area contributed by atoms with Crippen LogP contribution in [0.4, 0.5) is 0 Å². The van der Waals surface area contributed by atoms with Crippen LogP contribution in [0.5, 0.6) is 0 Å². The van der Waals surface area contributed by atoms with E-state index in [2.05, 4.69) is 49.2 Å². The highest BCUT2D eigenvalue weighted by atomic mass is 14.6. The van der Waals surface area contributed by atoms with Crippen molar-refractivity contribution in [3.05, 3.63) is 65.5 Å². The van der Waals surface area contributed by atoms with E-state index in [9.17, 15) is 0 Å². The topological polar surface area (TPSA) is 38.9 Å². The predicted molar refractivity (Wildman–Crippen MR) is 75.4 cm³/mol. The first-order valence-corrected chi connectivity index (χ1v) is 6.41. The van der Waals surface area contributed by atoms with E-state index >= 15 is 0 Å². The van der Waals surface area contributed by atoms with E-state index in [0.29, 0.717) is 5.92 Å². The second kappa shape index (κ2) is 5.78. The molecule has 1 aromatic heterocycles. The van der Waals surface area contributed by atoms with Crippen LogP contribution in [0.3, 0.4) is 0 Å². The van der Waals surface area contributed by atoms with Crippen LogP contribution in [-0.2, 0) is 6.42 Å². The fourth-order valence-electron chi connectivity index (χ4n) is 2.02. The summed E-state index contributed by atoms with van der Waals surface area (Å²) in [5.74, 6) is 0.564. The summed E-state index contributed by atoms with van der Waals surface area (Å²) in [5, 5.41) is 0. The lowest BCUT2D eigenvalue weighted by molar-refractivity contribution is 0.718. The Balaban J connectivity index is 2.07. The summed E-state index contributed by atoms with van der Waals surface area (Å²) in [4.78, 5) is 4.11. The van der Waals surface area contributed by atoms with Crippen molar-refractivity contribution in [2.24, 2.45) is 5.73 Å². The molecular weight excluding hydrogens is 220 g/mol. The lowest BCUT2D eigenvalue weighted by Gasteiger charge is -2.13. The van der Waals surface area contributed by atoms with Crippen LogP contribution in [0.2, 0.25) is 0 Å². The summed E-state index contributed by atoms with van der Waals surface area (Å²) in [6.45, 7) is 4.40. The van der Waals surface area contributed by atoms with Crippen LogP contribution in [0.15, 0.2) is 48.8 Å². The van der Waals surface area contributed by atoms with Crippen molar-refractivity contribution in [3.63, 3.8) is 0 Å². The molecule has 0 spiro atoms. The third kappa shape index (κ3) is 3.17. The quantitative estimate of drug-likeness (QED) is 0.889. The maximum Gasteiger partial charge on any atom is 0.0336 e. The maximum absolute atomic E-state index is 6.23. The molecule has 0 radical (unpaired) electrons. The van der Waals surface area contributed by atoms with Crippen molar-refractivity contribution in [1.82, 2.24) is 4.98 Å². The van der Waals surface area contributed by atoms with Crippen LogP contribution < -0.4 is 5.73 Å². The average molecular weight is 240 g/mol. The molecule has 0 aliphatic heterocycles. The van der Waals surface area contributed by atoms with E-state index in [0.717, 1.165) is 6.42 Å². The van der Waals surface area contributed by atoms with Crippen LogP contribution in [0, 0.1) is 0 Å². The predicted octanol–water partition coefficient (Wildman–Crippen LogP) is 3.45. The first-order valence-electron chi connectivity index (χ1n) is 6.41. The average Bonchev–Trinajstić information content (AvgIpc) is 2.40. The van der Waals surface area contributed by atoms with Crippen LogP contribution in [0.25, 0.3) is 0 Å². The number of benzene rings is 1. The summed E-state index contributed by atoms with van der Waals surface area (Å²) in [5.41, 5.74) is 9.94. The minimum atomic E-state index is 0.0374. The van der Waals surface area contributed by atoms with Crippen molar-refractivity contribution < 1.29 is 0 Å². The van der Waals surface area contributed by atoms with Crippen LogP contribution in [-0.4, -0.2) is 4.98 Å². The van der Waals surface area contributed by atoms with Gasteiger partial charge in [-0.05, 0) is 35.1 Å². The molecule has 0 aliphatic rings. The molecule has 2 heteroatoms. The van der Waals surface area contributed by atoms with E-state index in [1.165, 1.54) is 16.7 Å². The Morgan fingerprint density at radius 3 is 2.28 bits per heavy atom. The molecule has 1 unspecified atom stereocenters. The van der Waals surface area contributed by atoms with Crippen molar-refractivity contribution >= 4 is 0 Å². The molecule has 1 heterocycles. The molecule has 1 atom stereocenters. The first-order chi connectivity index (χ1) is 8.66. The molecular formula is C16H20N2. The zero-order chi connectivity index (χ0) is 13.0. The van der Waals surface area contributed by atoms with Gasteiger partial charge in [-0.25, -0.2) is 0 Å². The Labute approximate surface area is 109 Å². The number of aromatic nitrogens is 1. The summed E-state index contributed by atoms with van der Waals surface area (Å²) >= 11 is 0. The van der Waals surface area contributed by atoms with Crippen molar-refractivity contribution in [3.8, 4) is 0 Å². The van der Waals surface area contributed by atoms with Crippen LogP contribution in [0.1, 0.15) is 42.5 Å². The summed E-state index contributed by atoms with van der Waals surface area (Å²) in [6, 6.07) is 12.7. The van der Waals surface area contributed by atoms with Crippen LogP contribution >= 0.6 is 0 Å². The Hall–Kier alpha value is -1.67. The largest absolute Gasteiger partial charge is 0.324 e. The molecule has 18 heavy (non-hydrogen) atoms. The zero-order valence-corrected chi connectivity index (χ0v) is 11.0. The maximum atomic E-state index is 6.23. The van der Waals surface area contributed by atoms with E-state index in [4.69, 9.17) is 5.73 Å². The molecule has 2 nitrogen and oxygen atoms in total. The van der Waals surface area contributed by atoms with Gasteiger partial charge in [0.15, 0.2) is 0 Å². The minimum Gasteiger partial charge on any atom is -0.324 e. The molecule has 1 aromatic carbocycles. The summed E-state index contributed by atoms with van der Waals surface area (Å²) in [6.07, 6.45) is 4.49. The Kier molecular flexibility index (Phi) is 4.11. The van der Waals surface area contributed by atoms with Gasteiger partial charge in [0.1, 0.15) is 0 Å².